The highest BCUT2D eigenvalue weighted by molar-refractivity contribution is 6.24. The van der Waals surface area contributed by atoms with Gasteiger partial charge in [-0.3, -0.25) is 9.59 Å². The molecule has 2 aliphatic rings. The molecule has 0 radical (unpaired) electrons. The molecule has 9 nitrogen and oxygen atoms in total. The fraction of sp³-hybridized carbons (Fsp3) is 0.167. The summed E-state index contributed by atoms with van der Waals surface area (Å²) < 4.78 is 16.1. The molecule has 0 saturated carbocycles. The van der Waals surface area contributed by atoms with E-state index in [0.29, 0.717) is 28.3 Å². The molecule has 0 bridgehead atoms. The lowest BCUT2D eigenvalue weighted by Gasteiger charge is -2.26. The Morgan fingerprint density at radius 1 is 1.21 bits per heavy atom. The third-order valence-electron chi connectivity index (χ3n) is 5.66. The van der Waals surface area contributed by atoms with E-state index in [0.717, 1.165) is 0 Å². The zero-order valence-electron chi connectivity index (χ0n) is 17.4. The van der Waals surface area contributed by atoms with Crippen LogP contribution >= 0.6 is 0 Å². The van der Waals surface area contributed by atoms with Crippen molar-refractivity contribution in [1.82, 2.24) is 0 Å². The van der Waals surface area contributed by atoms with E-state index in [2.05, 4.69) is 10.5 Å². The summed E-state index contributed by atoms with van der Waals surface area (Å²) in [5, 5.41) is 15.8. The number of hydrogen-bond donors (Lipinski definition) is 1. The van der Waals surface area contributed by atoms with Gasteiger partial charge in [0.05, 0.1) is 13.4 Å². The van der Waals surface area contributed by atoms with Crippen molar-refractivity contribution in [3.63, 3.8) is 0 Å². The number of methoxy groups -OCH3 is 1. The summed E-state index contributed by atoms with van der Waals surface area (Å²) in [5.41, 5.74) is 0.121. The van der Waals surface area contributed by atoms with E-state index in [9.17, 15) is 9.59 Å². The van der Waals surface area contributed by atoms with Gasteiger partial charge < -0.3 is 24.0 Å². The Bertz CT molecular complexity index is 1320. The number of nitrogens with zero attached hydrogens (tertiary/aromatic N) is 2. The minimum absolute atomic E-state index is 0.0793. The quantitative estimate of drug-likeness (QED) is 0.580. The van der Waals surface area contributed by atoms with Gasteiger partial charge in [-0.05, 0) is 36.4 Å². The predicted octanol–water partition coefficient (Wildman–Crippen LogP) is 3.27. The van der Waals surface area contributed by atoms with E-state index in [1.807, 2.05) is 6.07 Å². The van der Waals surface area contributed by atoms with Crippen molar-refractivity contribution in [2.75, 3.05) is 19.0 Å². The molecule has 0 unspecified atom stereocenters. The first-order chi connectivity index (χ1) is 16.1. The van der Waals surface area contributed by atoms with Gasteiger partial charge >= 0.3 is 0 Å². The van der Waals surface area contributed by atoms with E-state index < -0.39 is 23.2 Å². The number of carbonyl (C=O) groups is 2. The molecule has 0 saturated heterocycles. The standard InChI is InChI=1S/C24H17N3O6/c1-30-19-13-14(8-9-17(19)32-12-10-25)21-20(22(28)18-7-4-11-31-18)24(33-27-21)15-5-2-3-6-16(15)26-23(24)29/h2-9,11,13,20H,12H2,1H3,(H,26,29)/t20-,24-/m1/s1. The number of oxime groups is 1. The Labute approximate surface area is 188 Å². The van der Waals surface area contributed by atoms with Gasteiger partial charge in [-0.1, -0.05) is 23.4 Å². The molecule has 164 valence electrons. The second-order valence-corrected chi connectivity index (χ2v) is 7.39. The van der Waals surface area contributed by atoms with Crippen LogP contribution in [0.4, 0.5) is 5.69 Å². The number of hydrogen-bond acceptors (Lipinski definition) is 8. The predicted molar refractivity (Wildman–Crippen MR) is 115 cm³/mol. The molecule has 3 aromatic rings. The van der Waals surface area contributed by atoms with Crippen molar-refractivity contribution in [2.24, 2.45) is 11.1 Å². The van der Waals surface area contributed by atoms with Crippen molar-refractivity contribution in [3.8, 4) is 17.6 Å². The summed E-state index contributed by atoms with van der Waals surface area (Å²) in [6.07, 6.45) is 1.39. The summed E-state index contributed by atoms with van der Waals surface area (Å²) in [6, 6.07) is 16.9. The fourth-order valence-corrected chi connectivity index (χ4v) is 4.20. The number of anilines is 1. The molecule has 1 amide bonds. The highest BCUT2D eigenvalue weighted by Gasteiger charge is 2.63. The fourth-order valence-electron chi connectivity index (χ4n) is 4.20. The van der Waals surface area contributed by atoms with Crippen LogP contribution in [-0.4, -0.2) is 31.1 Å². The first-order valence-corrected chi connectivity index (χ1v) is 10.0. The monoisotopic (exact) mass is 443 g/mol. The lowest BCUT2D eigenvalue weighted by molar-refractivity contribution is -0.140. The third kappa shape index (κ3) is 3.03. The van der Waals surface area contributed by atoms with Gasteiger partial charge in [0.1, 0.15) is 17.7 Å². The number of ketones is 1. The molecule has 2 atom stereocenters. The normalized spacial score (nSPS) is 20.4. The Hall–Kier alpha value is -4.58. The second-order valence-electron chi connectivity index (χ2n) is 7.39. The number of carbonyl (C=O) groups excluding carboxylic acids is 2. The highest BCUT2D eigenvalue weighted by Crippen LogP contribution is 2.50. The van der Waals surface area contributed by atoms with Gasteiger partial charge in [-0.25, -0.2) is 0 Å². The average Bonchev–Trinajstić information content (AvgIpc) is 3.57. The van der Waals surface area contributed by atoms with Gasteiger partial charge in [0.25, 0.3) is 11.5 Å². The number of Topliss-reactive ketones (excluding diaryl/α,β-unsaturated/α-hetero) is 1. The Morgan fingerprint density at radius 3 is 2.82 bits per heavy atom. The van der Waals surface area contributed by atoms with Crippen LogP contribution in [0.1, 0.15) is 21.7 Å². The second kappa shape index (κ2) is 7.84. The first-order valence-electron chi connectivity index (χ1n) is 10.0. The molecule has 1 spiro atoms. The van der Waals surface area contributed by atoms with Gasteiger partial charge in [0.2, 0.25) is 5.78 Å². The van der Waals surface area contributed by atoms with Gasteiger partial charge in [-0.15, -0.1) is 0 Å². The Balaban J connectivity index is 1.64. The number of nitriles is 1. The van der Waals surface area contributed by atoms with Crippen LogP contribution in [0, 0.1) is 17.2 Å². The van der Waals surface area contributed by atoms with Gasteiger partial charge in [-0.2, -0.15) is 5.26 Å². The molecule has 1 aromatic heterocycles. The summed E-state index contributed by atoms with van der Waals surface area (Å²) in [4.78, 5) is 32.7. The SMILES string of the molecule is COc1cc(C2=NO[C@@]3(C(=O)Nc4ccccc43)[C@H]2C(=O)c2ccco2)ccc1OCC#N. The Morgan fingerprint density at radius 2 is 2.06 bits per heavy atom. The molecule has 0 fully saturated rings. The molecule has 2 aliphatic heterocycles. The van der Waals surface area contributed by atoms with Gasteiger partial charge in [0.15, 0.2) is 23.9 Å². The number of rotatable bonds is 6. The van der Waals surface area contributed by atoms with Crippen molar-refractivity contribution < 1.29 is 28.3 Å². The van der Waals surface area contributed by atoms with E-state index >= 15 is 0 Å². The van der Waals surface area contributed by atoms with Crippen LogP contribution in [0.15, 0.2) is 70.4 Å². The lowest BCUT2D eigenvalue weighted by atomic mass is 9.75. The van der Waals surface area contributed by atoms with Crippen molar-refractivity contribution in [2.45, 2.75) is 5.60 Å². The Kier molecular flexibility index (Phi) is 4.83. The van der Waals surface area contributed by atoms with E-state index in [4.69, 9.17) is 24.0 Å². The number of furan rings is 1. The van der Waals surface area contributed by atoms with Crippen molar-refractivity contribution in [3.05, 3.63) is 77.7 Å². The maximum absolute atomic E-state index is 13.6. The van der Waals surface area contributed by atoms with E-state index in [1.54, 1.807) is 48.5 Å². The largest absolute Gasteiger partial charge is 0.493 e. The van der Waals surface area contributed by atoms with Crippen LogP contribution in [0.25, 0.3) is 0 Å². The summed E-state index contributed by atoms with van der Waals surface area (Å²) in [6.45, 7) is -0.153. The van der Waals surface area contributed by atoms with Crippen molar-refractivity contribution >= 4 is 23.1 Å². The third-order valence-corrected chi connectivity index (χ3v) is 5.66. The molecule has 9 heteroatoms. The molecular weight excluding hydrogens is 426 g/mol. The number of nitrogens with one attached hydrogen (secondary N) is 1. The van der Waals surface area contributed by atoms with E-state index in [-0.39, 0.29) is 18.1 Å². The zero-order valence-corrected chi connectivity index (χ0v) is 17.4. The maximum Gasteiger partial charge on any atom is 0.277 e. The molecule has 1 N–H and O–H groups in total. The van der Waals surface area contributed by atoms with Crippen LogP contribution in [0.5, 0.6) is 11.5 Å². The van der Waals surface area contributed by atoms with Crippen molar-refractivity contribution in [1.29, 1.82) is 5.26 Å². The summed E-state index contributed by atoms with van der Waals surface area (Å²) in [7, 11) is 1.46. The number of fused-ring (bicyclic) bond motifs is 2. The molecule has 0 aliphatic carbocycles. The molecule has 5 rings (SSSR count). The minimum atomic E-state index is -1.68. The minimum Gasteiger partial charge on any atom is -0.493 e. The lowest BCUT2D eigenvalue weighted by Crippen LogP contribution is -2.46. The van der Waals surface area contributed by atoms with Crippen LogP contribution in [0.3, 0.4) is 0 Å². The topological polar surface area (TPSA) is 123 Å². The highest BCUT2D eigenvalue weighted by atomic mass is 16.7. The number of para-hydroxylation sites is 1. The number of ether oxygens (including phenoxy) is 2. The van der Waals surface area contributed by atoms with Crippen LogP contribution in [-0.2, 0) is 15.2 Å². The molecule has 3 heterocycles. The summed E-state index contributed by atoms with van der Waals surface area (Å²) >= 11 is 0. The van der Waals surface area contributed by atoms with Crippen LogP contribution < -0.4 is 14.8 Å². The van der Waals surface area contributed by atoms with Crippen LogP contribution in [0.2, 0.25) is 0 Å². The average molecular weight is 443 g/mol. The molecule has 2 aromatic carbocycles. The number of amides is 1. The zero-order chi connectivity index (χ0) is 23.0. The first kappa shape index (κ1) is 20.3. The molecule has 33 heavy (non-hydrogen) atoms. The number of benzene rings is 2. The van der Waals surface area contributed by atoms with E-state index in [1.165, 1.54) is 19.4 Å². The van der Waals surface area contributed by atoms with Gasteiger partial charge in [0, 0.05) is 16.8 Å². The smallest absolute Gasteiger partial charge is 0.277 e. The maximum atomic E-state index is 13.6. The summed E-state index contributed by atoms with van der Waals surface area (Å²) in [5.74, 6) is -1.29. The molecular formula is C24H17N3O6.